The van der Waals surface area contributed by atoms with E-state index in [0.717, 1.165) is 5.56 Å². The summed E-state index contributed by atoms with van der Waals surface area (Å²) in [4.78, 5) is 63.5. The zero-order valence-electron chi connectivity index (χ0n) is 28.5. The fourth-order valence-corrected chi connectivity index (χ4v) is 5.50. The molecule has 48 heavy (non-hydrogen) atoms. The first-order chi connectivity index (χ1) is 23.0. The lowest BCUT2D eigenvalue weighted by molar-refractivity contribution is -0.130. The molecule has 15 heteroatoms. The number of methoxy groups -OCH3 is 2. The Labute approximate surface area is 280 Å². The van der Waals surface area contributed by atoms with Gasteiger partial charge in [0.05, 0.1) is 20.3 Å². The summed E-state index contributed by atoms with van der Waals surface area (Å²) in [6, 6.07) is 4.08. The highest BCUT2D eigenvalue weighted by Gasteiger charge is 2.29. The highest BCUT2D eigenvalue weighted by atomic mass is 16.5. The first-order valence-electron chi connectivity index (χ1n) is 16.2. The van der Waals surface area contributed by atoms with Gasteiger partial charge >= 0.3 is 0 Å². The summed E-state index contributed by atoms with van der Waals surface area (Å²) in [5.41, 5.74) is 1.07. The van der Waals surface area contributed by atoms with Gasteiger partial charge in [-0.2, -0.15) is 5.10 Å². The third-order valence-electron chi connectivity index (χ3n) is 8.40. The Balaban J connectivity index is 1.60. The second-order valence-corrected chi connectivity index (χ2v) is 11.9. The molecule has 0 spiro atoms. The van der Waals surface area contributed by atoms with Gasteiger partial charge < -0.3 is 34.7 Å². The summed E-state index contributed by atoms with van der Waals surface area (Å²) in [5, 5.41) is 13.4. The molecule has 0 fully saturated rings. The van der Waals surface area contributed by atoms with Gasteiger partial charge in [-0.25, -0.2) is 14.6 Å². The molecule has 3 aromatic rings. The van der Waals surface area contributed by atoms with Crippen molar-refractivity contribution in [2.75, 3.05) is 33.9 Å². The number of oxazole rings is 1. The lowest BCUT2D eigenvalue weighted by Crippen LogP contribution is -2.51. The Morgan fingerprint density at radius 2 is 1.83 bits per heavy atom. The van der Waals surface area contributed by atoms with Crippen molar-refractivity contribution in [2.45, 2.75) is 78.4 Å². The van der Waals surface area contributed by atoms with E-state index in [1.165, 1.54) is 11.1 Å². The van der Waals surface area contributed by atoms with E-state index in [9.17, 15) is 19.2 Å². The van der Waals surface area contributed by atoms with Gasteiger partial charge in [-0.05, 0) is 50.3 Å². The number of ether oxygens (including phenoxy) is 2. The van der Waals surface area contributed by atoms with E-state index >= 15 is 0 Å². The molecule has 0 saturated carbocycles. The number of hydrogen-bond donors (Lipinski definition) is 3. The molecule has 4 rings (SSSR count). The third kappa shape index (κ3) is 9.10. The first kappa shape index (κ1) is 35.9. The van der Waals surface area contributed by atoms with Gasteiger partial charge in [-0.3, -0.25) is 19.2 Å². The van der Waals surface area contributed by atoms with Crippen LogP contribution in [-0.2, 0) is 27.3 Å². The van der Waals surface area contributed by atoms with E-state index in [1.807, 2.05) is 26.0 Å². The number of hydrogen-bond acceptors (Lipinski definition) is 10. The lowest BCUT2D eigenvalue weighted by Gasteiger charge is -2.26. The molecule has 260 valence electrons. The second-order valence-electron chi connectivity index (χ2n) is 11.9. The van der Waals surface area contributed by atoms with E-state index in [0.29, 0.717) is 67.7 Å². The quantitative estimate of drug-likeness (QED) is 0.338. The molecule has 0 bridgehead atoms. The zero-order chi connectivity index (χ0) is 34.8. The van der Waals surface area contributed by atoms with Crippen LogP contribution in [0.2, 0.25) is 0 Å². The number of aromatic nitrogens is 4. The summed E-state index contributed by atoms with van der Waals surface area (Å²) in [7, 11) is 3.12. The van der Waals surface area contributed by atoms with Gasteiger partial charge in [0.2, 0.25) is 17.7 Å². The number of nitrogens with zero attached hydrogens (tertiary/aromatic N) is 5. The SMILES string of the molecule is CC[C@H](C)[C@@H]1NC(=O)CCCN(C(=O)c2ncoc2C)CCCNC(=O)Cn2nc(Cc3ccc(OC)c(OC)c3)nc2[C@@H](C)NC1=O. The van der Waals surface area contributed by atoms with Gasteiger partial charge in [0.15, 0.2) is 29.4 Å². The highest BCUT2D eigenvalue weighted by Crippen LogP contribution is 2.28. The van der Waals surface area contributed by atoms with E-state index in [1.54, 1.807) is 39.0 Å². The van der Waals surface area contributed by atoms with E-state index < -0.39 is 12.1 Å². The van der Waals surface area contributed by atoms with Crippen molar-refractivity contribution in [1.29, 1.82) is 0 Å². The molecule has 2 aromatic heterocycles. The number of carbonyl (C=O) groups is 4. The summed E-state index contributed by atoms with van der Waals surface area (Å²) in [5.74, 6) is 0.953. The summed E-state index contributed by atoms with van der Waals surface area (Å²) in [6.07, 6.45) is 3.16. The number of fused-ring (bicyclic) bond motifs is 1. The van der Waals surface area contributed by atoms with Crippen molar-refractivity contribution < 1.29 is 33.1 Å². The predicted molar refractivity (Wildman–Crippen MR) is 174 cm³/mol. The maximum Gasteiger partial charge on any atom is 0.276 e. The van der Waals surface area contributed by atoms with Crippen LogP contribution in [0.25, 0.3) is 0 Å². The van der Waals surface area contributed by atoms with Crippen LogP contribution in [0.5, 0.6) is 11.5 Å². The van der Waals surface area contributed by atoms with Crippen molar-refractivity contribution in [3.63, 3.8) is 0 Å². The van der Waals surface area contributed by atoms with Gasteiger partial charge in [0.1, 0.15) is 24.2 Å². The molecular weight excluding hydrogens is 620 g/mol. The third-order valence-corrected chi connectivity index (χ3v) is 8.40. The highest BCUT2D eigenvalue weighted by molar-refractivity contribution is 5.93. The lowest BCUT2D eigenvalue weighted by atomic mass is 9.97. The van der Waals surface area contributed by atoms with Crippen molar-refractivity contribution in [3.05, 3.63) is 53.3 Å². The number of amides is 4. The average molecular weight is 667 g/mol. The molecule has 0 radical (unpaired) electrons. The maximum absolute atomic E-state index is 13.6. The topological polar surface area (TPSA) is 183 Å². The minimum atomic E-state index is -0.801. The Kier molecular flexibility index (Phi) is 12.5. The van der Waals surface area contributed by atoms with Crippen LogP contribution in [0.3, 0.4) is 0 Å². The van der Waals surface area contributed by atoms with Crippen LogP contribution in [0.15, 0.2) is 29.0 Å². The number of nitrogens with one attached hydrogen (secondary N) is 3. The molecule has 4 amide bonds. The zero-order valence-corrected chi connectivity index (χ0v) is 28.5. The average Bonchev–Trinajstić information content (AvgIpc) is 3.68. The van der Waals surface area contributed by atoms with Gasteiger partial charge in [-0.15, -0.1) is 0 Å². The normalized spacial score (nSPS) is 19.2. The smallest absolute Gasteiger partial charge is 0.276 e. The molecule has 3 N–H and O–H groups in total. The Hall–Kier alpha value is -4.95. The standard InChI is InChI=1S/C33H46N8O7/c1-7-20(2)29-32(44)36-21(3)31-37-26(17-23-11-12-24(46-5)25(16-23)47-6)39-41(31)18-28(43)34-13-9-15-40(14-8-10-27(42)38-29)33(45)30-22(4)48-19-35-30/h11-12,16,19-21,29H,7-10,13-15,17-18H2,1-6H3,(H,34,43)(H,36,44)(H,38,42)/t20-,21+,29-/m0/s1. The fourth-order valence-electron chi connectivity index (χ4n) is 5.50. The number of carbonyl (C=O) groups excluding carboxylic acids is 4. The second kappa shape index (κ2) is 16.7. The van der Waals surface area contributed by atoms with Crippen LogP contribution in [-0.4, -0.2) is 88.2 Å². The minimum Gasteiger partial charge on any atom is -0.493 e. The van der Waals surface area contributed by atoms with E-state index in [2.05, 4.69) is 26.0 Å². The minimum absolute atomic E-state index is 0.113. The molecule has 0 unspecified atom stereocenters. The van der Waals surface area contributed by atoms with Crippen molar-refractivity contribution in [1.82, 2.24) is 40.6 Å². The van der Waals surface area contributed by atoms with Crippen LogP contribution in [0.1, 0.15) is 86.0 Å². The van der Waals surface area contributed by atoms with Crippen molar-refractivity contribution in [3.8, 4) is 11.5 Å². The Morgan fingerprint density at radius 1 is 1.08 bits per heavy atom. The molecular formula is C33H46N8O7. The Morgan fingerprint density at radius 3 is 2.52 bits per heavy atom. The van der Waals surface area contributed by atoms with Crippen LogP contribution < -0.4 is 25.4 Å². The monoisotopic (exact) mass is 666 g/mol. The van der Waals surface area contributed by atoms with Gasteiger partial charge in [-0.1, -0.05) is 26.3 Å². The number of aryl methyl sites for hydroxylation is 1. The summed E-state index contributed by atoms with van der Waals surface area (Å²) in [6.45, 7) is 8.05. The van der Waals surface area contributed by atoms with Crippen molar-refractivity contribution in [2.24, 2.45) is 5.92 Å². The molecule has 15 nitrogen and oxygen atoms in total. The summed E-state index contributed by atoms with van der Waals surface area (Å²) >= 11 is 0. The largest absolute Gasteiger partial charge is 0.493 e. The van der Waals surface area contributed by atoms with Gasteiger partial charge in [0.25, 0.3) is 5.91 Å². The maximum atomic E-state index is 13.6. The molecule has 1 aliphatic rings. The number of rotatable bonds is 7. The molecule has 3 heterocycles. The Bertz CT molecular complexity index is 1590. The van der Waals surface area contributed by atoms with Crippen LogP contribution in [0, 0.1) is 12.8 Å². The first-order valence-corrected chi connectivity index (χ1v) is 16.2. The molecule has 1 aromatic carbocycles. The van der Waals surface area contributed by atoms with Gasteiger partial charge in [0, 0.05) is 32.5 Å². The van der Waals surface area contributed by atoms with Crippen LogP contribution >= 0.6 is 0 Å². The molecule has 0 aliphatic carbocycles. The van der Waals surface area contributed by atoms with Crippen molar-refractivity contribution >= 4 is 23.6 Å². The fraction of sp³-hybridized carbons (Fsp3) is 0.545. The van der Waals surface area contributed by atoms with Crippen LogP contribution in [0.4, 0.5) is 0 Å². The predicted octanol–water partition coefficient (Wildman–Crippen LogP) is 2.33. The summed E-state index contributed by atoms with van der Waals surface area (Å²) < 4.78 is 17.5. The van der Waals surface area contributed by atoms with E-state index in [4.69, 9.17) is 18.9 Å². The molecule has 1 aliphatic heterocycles. The molecule has 0 saturated heterocycles. The number of benzene rings is 1. The molecule has 3 atom stereocenters. The van der Waals surface area contributed by atoms with E-state index in [-0.39, 0.29) is 54.8 Å².